The molecule has 0 spiro atoms. The van der Waals surface area contributed by atoms with E-state index in [0.717, 1.165) is 36.8 Å². The van der Waals surface area contributed by atoms with Crippen LogP contribution in [0.2, 0.25) is 0 Å². The highest BCUT2D eigenvalue weighted by Crippen LogP contribution is 2.24. The molecule has 0 atom stereocenters. The zero-order chi connectivity index (χ0) is 14.8. The highest BCUT2D eigenvalue weighted by atomic mass is 16.5. The molecule has 0 fully saturated rings. The Morgan fingerprint density at radius 3 is 2.65 bits per heavy atom. The lowest BCUT2D eigenvalue weighted by Crippen LogP contribution is -2.15. The molecule has 0 aromatic heterocycles. The number of methoxy groups -OCH3 is 1. The molecular formula is C16H27NO3. The van der Waals surface area contributed by atoms with Gasteiger partial charge in [-0.2, -0.15) is 0 Å². The lowest BCUT2D eigenvalue weighted by molar-refractivity contribution is 0.0816. The van der Waals surface area contributed by atoms with Gasteiger partial charge in [-0.05, 0) is 30.7 Å². The Morgan fingerprint density at radius 1 is 1.20 bits per heavy atom. The maximum atomic E-state index is 5.79. The predicted molar refractivity (Wildman–Crippen MR) is 81.5 cm³/mol. The Balaban J connectivity index is 2.50. The van der Waals surface area contributed by atoms with Crippen LogP contribution < -0.4 is 14.8 Å². The van der Waals surface area contributed by atoms with Crippen LogP contribution in [0.5, 0.6) is 11.5 Å². The van der Waals surface area contributed by atoms with Crippen molar-refractivity contribution in [3.63, 3.8) is 0 Å². The molecule has 0 bridgehead atoms. The fraction of sp³-hybridized carbons (Fsp3) is 0.625. The van der Waals surface area contributed by atoms with Crippen molar-refractivity contribution in [3.05, 3.63) is 23.8 Å². The monoisotopic (exact) mass is 281 g/mol. The fourth-order valence-corrected chi connectivity index (χ4v) is 1.75. The van der Waals surface area contributed by atoms with Crippen LogP contribution in [0.15, 0.2) is 18.2 Å². The molecule has 20 heavy (non-hydrogen) atoms. The first kappa shape index (κ1) is 16.8. The number of benzene rings is 1. The van der Waals surface area contributed by atoms with Crippen molar-refractivity contribution in [3.8, 4) is 11.5 Å². The Bertz CT molecular complexity index is 380. The van der Waals surface area contributed by atoms with Gasteiger partial charge in [0, 0.05) is 18.7 Å². The van der Waals surface area contributed by atoms with Crippen LogP contribution in [0.1, 0.15) is 26.3 Å². The van der Waals surface area contributed by atoms with Gasteiger partial charge in [-0.3, -0.25) is 0 Å². The van der Waals surface area contributed by atoms with Gasteiger partial charge in [0.15, 0.2) is 0 Å². The molecule has 4 heteroatoms. The van der Waals surface area contributed by atoms with Gasteiger partial charge in [0.25, 0.3) is 0 Å². The zero-order valence-electron chi connectivity index (χ0n) is 13.1. The summed E-state index contributed by atoms with van der Waals surface area (Å²) in [6.45, 7) is 10.0. The normalized spacial score (nSPS) is 10.8. The molecule has 0 saturated heterocycles. The average molecular weight is 281 g/mol. The van der Waals surface area contributed by atoms with E-state index < -0.39 is 0 Å². The number of nitrogens with one attached hydrogen (secondary N) is 1. The molecule has 1 rings (SSSR count). The summed E-state index contributed by atoms with van der Waals surface area (Å²) in [6.07, 6.45) is 0. The van der Waals surface area contributed by atoms with E-state index in [9.17, 15) is 0 Å². The molecule has 4 nitrogen and oxygen atoms in total. The van der Waals surface area contributed by atoms with Crippen molar-refractivity contribution < 1.29 is 14.2 Å². The highest BCUT2D eigenvalue weighted by molar-refractivity contribution is 5.40. The fourth-order valence-electron chi connectivity index (χ4n) is 1.75. The van der Waals surface area contributed by atoms with Crippen molar-refractivity contribution in [2.24, 2.45) is 5.92 Å². The van der Waals surface area contributed by atoms with Crippen molar-refractivity contribution in [2.45, 2.75) is 27.3 Å². The lowest BCUT2D eigenvalue weighted by Gasteiger charge is -2.14. The van der Waals surface area contributed by atoms with Crippen LogP contribution in [0.25, 0.3) is 0 Å². The van der Waals surface area contributed by atoms with Crippen molar-refractivity contribution in [2.75, 3.05) is 33.5 Å². The van der Waals surface area contributed by atoms with Crippen molar-refractivity contribution in [1.29, 1.82) is 0 Å². The van der Waals surface area contributed by atoms with E-state index in [1.54, 1.807) is 7.11 Å². The largest absolute Gasteiger partial charge is 0.497 e. The van der Waals surface area contributed by atoms with Gasteiger partial charge < -0.3 is 19.5 Å². The maximum absolute atomic E-state index is 5.79. The third-order valence-electron chi connectivity index (χ3n) is 2.77. The molecule has 0 unspecified atom stereocenters. The predicted octanol–water partition coefficient (Wildman–Crippen LogP) is 2.86. The average Bonchev–Trinajstić information content (AvgIpc) is 2.45. The zero-order valence-corrected chi connectivity index (χ0v) is 13.1. The van der Waals surface area contributed by atoms with E-state index in [2.05, 4.69) is 26.1 Å². The third kappa shape index (κ3) is 6.26. The number of ether oxygens (including phenoxy) is 3. The number of rotatable bonds is 10. The van der Waals surface area contributed by atoms with Gasteiger partial charge in [0.1, 0.15) is 18.1 Å². The van der Waals surface area contributed by atoms with Crippen LogP contribution in [-0.4, -0.2) is 33.5 Å². The topological polar surface area (TPSA) is 39.7 Å². The summed E-state index contributed by atoms with van der Waals surface area (Å²) in [5, 5.41) is 3.31. The van der Waals surface area contributed by atoms with Crippen molar-refractivity contribution >= 4 is 0 Å². The van der Waals surface area contributed by atoms with Crippen LogP contribution in [0.4, 0.5) is 0 Å². The molecule has 0 saturated carbocycles. The Kier molecular flexibility index (Phi) is 8.07. The molecule has 0 aliphatic heterocycles. The standard InChI is InChI=1S/C16H27NO3/c1-5-17-11-14-10-15(18-4)6-7-16(14)20-9-8-19-12-13(2)3/h6-7,10,13,17H,5,8-9,11-12H2,1-4H3. The molecule has 1 aromatic rings. The molecule has 0 heterocycles. The van der Waals surface area contributed by atoms with Gasteiger partial charge in [0.05, 0.1) is 13.7 Å². The molecule has 114 valence electrons. The molecule has 1 N–H and O–H groups in total. The SMILES string of the molecule is CCNCc1cc(OC)ccc1OCCOCC(C)C. The van der Waals surface area contributed by atoms with E-state index in [4.69, 9.17) is 14.2 Å². The van der Waals surface area contributed by atoms with E-state index in [0.29, 0.717) is 19.1 Å². The summed E-state index contributed by atoms with van der Waals surface area (Å²) >= 11 is 0. The van der Waals surface area contributed by atoms with Gasteiger partial charge >= 0.3 is 0 Å². The number of hydrogen-bond acceptors (Lipinski definition) is 4. The van der Waals surface area contributed by atoms with Gasteiger partial charge in [-0.15, -0.1) is 0 Å². The second-order valence-corrected chi connectivity index (χ2v) is 5.07. The quantitative estimate of drug-likeness (QED) is 0.669. The smallest absolute Gasteiger partial charge is 0.124 e. The second-order valence-electron chi connectivity index (χ2n) is 5.07. The molecule has 1 aromatic carbocycles. The lowest BCUT2D eigenvalue weighted by atomic mass is 10.2. The van der Waals surface area contributed by atoms with Crippen LogP contribution >= 0.6 is 0 Å². The minimum Gasteiger partial charge on any atom is -0.497 e. The summed E-state index contributed by atoms with van der Waals surface area (Å²) in [4.78, 5) is 0. The first-order chi connectivity index (χ1) is 9.67. The van der Waals surface area contributed by atoms with Gasteiger partial charge in [0.2, 0.25) is 0 Å². The minimum absolute atomic E-state index is 0.556. The Labute approximate surface area is 122 Å². The number of hydrogen-bond donors (Lipinski definition) is 1. The van der Waals surface area contributed by atoms with Crippen LogP contribution in [0, 0.1) is 5.92 Å². The van der Waals surface area contributed by atoms with Gasteiger partial charge in [-0.25, -0.2) is 0 Å². The summed E-state index contributed by atoms with van der Waals surface area (Å²) in [7, 11) is 1.67. The second kappa shape index (κ2) is 9.61. The maximum Gasteiger partial charge on any atom is 0.124 e. The van der Waals surface area contributed by atoms with Crippen molar-refractivity contribution in [1.82, 2.24) is 5.32 Å². The summed E-state index contributed by atoms with van der Waals surface area (Å²) in [5.74, 6) is 2.29. The minimum atomic E-state index is 0.556. The molecule has 0 aliphatic carbocycles. The molecule has 0 aliphatic rings. The first-order valence-electron chi connectivity index (χ1n) is 7.25. The Hall–Kier alpha value is -1.26. The molecule has 0 radical (unpaired) electrons. The van der Waals surface area contributed by atoms with E-state index in [1.807, 2.05) is 18.2 Å². The van der Waals surface area contributed by atoms with Crippen LogP contribution in [-0.2, 0) is 11.3 Å². The Morgan fingerprint density at radius 2 is 2.00 bits per heavy atom. The summed E-state index contributed by atoms with van der Waals surface area (Å²) < 4.78 is 16.6. The molecular weight excluding hydrogens is 254 g/mol. The summed E-state index contributed by atoms with van der Waals surface area (Å²) in [5.41, 5.74) is 1.11. The van der Waals surface area contributed by atoms with E-state index in [1.165, 1.54) is 0 Å². The van der Waals surface area contributed by atoms with Gasteiger partial charge in [-0.1, -0.05) is 20.8 Å². The highest BCUT2D eigenvalue weighted by Gasteiger charge is 2.05. The molecule has 0 amide bonds. The van der Waals surface area contributed by atoms with Crippen LogP contribution in [0.3, 0.4) is 0 Å². The third-order valence-corrected chi connectivity index (χ3v) is 2.77. The van der Waals surface area contributed by atoms with E-state index >= 15 is 0 Å². The summed E-state index contributed by atoms with van der Waals surface area (Å²) in [6, 6.07) is 5.88. The first-order valence-corrected chi connectivity index (χ1v) is 7.25. The van der Waals surface area contributed by atoms with E-state index in [-0.39, 0.29) is 0 Å².